The zero-order valence-electron chi connectivity index (χ0n) is 11.7. The molecule has 0 spiro atoms. The number of carbonyl (C=O) groups excluding carboxylic acids is 1. The molecule has 2 rings (SSSR count). The van der Waals surface area contributed by atoms with Crippen molar-refractivity contribution in [2.45, 2.75) is 19.4 Å². The van der Waals surface area contributed by atoms with Gasteiger partial charge in [0.25, 0.3) is 5.91 Å². The van der Waals surface area contributed by atoms with Gasteiger partial charge < -0.3 is 10.6 Å². The van der Waals surface area contributed by atoms with E-state index in [1.165, 1.54) is 0 Å². The van der Waals surface area contributed by atoms with Crippen LogP contribution in [0.4, 0.5) is 14.5 Å². The Hall–Kier alpha value is -1.69. The molecule has 2 N–H and O–H groups in total. The monoisotopic (exact) mass is 283 g/mol. The highest BCUT2D eigenvalue weighted by atomic mass is 19.1. The second kappa shape index (κ2) is 5.75. The molecule has 1 aliphatic rings. The molecular formula is C14H19F2N3O. The highest BCUT2D eigenvalue weighted by molar-refractivity contribution is 5.95. The van der Waals surface area contributed by atoms with Crippen LogP contribution in [0, 0.1) is 11.6 Å². The molecule has 0 bridgehead atoms. The molecule has 110 valence electrons. The molecule has 20 heavy (non-hydrogen) atoms. The number of benzene rings is 1. The van der Waals surface area contributed by atoms with E-state index in [-0.39, 0.29) is 17.3 Å². The number of nitrogen functional groups attached to an aromatic ring is 1. The van der Waals surface area contributed by atoms with Gasteiger partial charge in [-0.3, -0.25) is 9.69 Å². The SMILES string of the molecule is CCC1CN(C(=O)c2cc(N)c(F)cc2F)CCN1C. The Morgan fingerprint density at radius 1 is 1.35 bits per heavy atom. The first-order valence-corrected chi connectivity index (χ1v) is 6.68. The van der Waals surface area contributed by atoms with E-state index in [1.807, 2.05) is 14.0 Å². The topological polar surface area (TPSA) is 49.6 Å². The van der Waals surface area contributed by atoms with Crippen LogP contribution >= 0.6 is 0 Å². The van der Waals surface area contributed by atoms with E-state index >= 15 is 0 Å². The fourth-order valence-electron chi connectivity index (χ4n) is 2.47. The van der Waals surface area contributed by atoms with Gasteiger partial charge in [0.05, 0.1) is 11.3 Å². The van der Waals surface area contributed by atoms with Crippen LogP contribution in [-0.2, 0) is 0 Å². The van der Waals surface area contributed by atoms with Crippen molar-refractivity contribution in [2.75, 3.05) is 32.4 Å². The summed E-state index contributed by atoms with van der Waals surface area (Å²) in [6.07, 6.45) is 0.911. The van der Waals surface area contributed by atoms with Crippen molar-refractivity contribution in [1.82, 2.24) is 9.80 Å². The Bertz CT molecular complexity index is 521. The molecule has 0 aliphatic carbocycles. The summed E-state index contributed by atoms with van der Waals surface area (Å²) in [5, 5.41) is 0. The Labute approximate surface area is 117 Å². The Morgan fingerprint density at radius 2 is 2.05 bits per heavy atom. The lowest BCUT2D eigenvalue weighted by Crippen LogP contribution is -2.53. The molecule has 1 saturated heterocycles. The number of amides is 1. The van der Waals surface area contributed by atoms with Gasteiger partial charge in [-0.1, -0.05) is 6.92 Å². The summed E-state index contributed by atoms with van der Waals surface area (Å²) in [5.41, 5.74) is 5.04. The number of rotatable bonds is 2. The quantitative estimate of drug-likeness (QED) is 0.841. The van der Waals surface area contributed by atoms with Crippen molar-refractivity contribution >= 4 is 11.6 Å². The van der Waals surface area contributed by atoms with Gasteiger partial charge in [-0.05, 0) is 19.5 Å². The second-order valence-corrected chi connectivity index (χ2v) is 5.15. The molecule has 1 aromatic rings. The van der Waals surface area contributed by atoms with Gasteiger partial charge in [0, 0.05) is 31.7 Å². The number of likely N-dealkylation sites (N-methyl/N-ethyl adjacent to an activating group) is 1. The highest BCUT2D eigenvalue weighted by Crippen LogP contribution is 2.20. The minimum absolute atomic E-state index is 0.164. The lowest BCUT2D eigenvalue weighted by Gasteiger charge is -2.39. The molecule has 1 atom stereocenters. The zero-order valence-corrected chi connectivity index (χ0v) is 11.7. The predicted octanol–water partition coefficient (Wildman–Crippen LogP) is 1.71. The summed E-state index contributed by atoms with van der Waals surface area (Å²) in [4.78, 5) is 16.1. The van der Waals surface area contributed by atoms with E-state index in [0.29, 0.717) is 19.2 Å². The Morgan fingerprint density at radius 3 is 2.70 bits per heavy atom. The van der Waals surface area contributed by atoms with Gasteiger partial charge in [-0.25, -0.2) is 8.78 Å². The van der Waals surface area contributed by atoms with Gasteiger partial charge in [0.15, 0.2) is 0 Å². The van der Waals surface area contributed by atoms with E-state index in [4.69, 9.17) is 5.73 Å². The standard InChI is InChI=1S/C14H19F2N3O/c1-3-9-8-19(5-4-18(9)2)14(20)10-6-13(17)12(16)7-11(10)15/h6-7,9H,3-5,8,17H2,1-2H3. The maximum absolute atomic E-state index is 13.7. The first-order valence-electron chi connectivity index (χ1n) is 6.68. The molecule has 1 unspecified atom stereocenters. The van der Waals surface area contributed by atoms with Crippen molar-refractivity contribution in [3.63, 3.8) is 0 Å². The first kappa shape index (κ1) is 14.7. The minimum Gasteiger partial charge on any atom is -0.396 e. The number of piperazine rings is 1. The lowest BCUT2D eigenvalue weighted by molar-refractivity contribution is 0.0537. The molecule has 1 aliphatic heterocycles. The number of nitrogens with two attached hydrogens (primary N) is 1. The van der Waals surface area contributed by atoms with Gasteiger partial charge in [0.1, 0.15) is 11.6 Å². The lowest BCUT2D eigenvalue weighted by atomic mass is 10.1. The maximum Gasteiger partial charge on any atom is 0.257 e. The normalized spacial score (nSPS) is 20.2. The number of halogens is 2. The van der Waals surface area contributed by atoms with Crippen LogP contribution in [0.15, 0.2) is 12.1 Å². The molecule has 0 saturated carbocycles. The van der Waals surface area contributed by atoms with Crippen LogP contribution in [0.2, 0.25) is 0 Å². The molecule has 4 nitrogen and oxygen atoms in total. The van der Waals surface area contributed by atoms with Crippen molar-refractivity contribution in [2.24, 2.45) is 0 Å². The molecule has 0 aromatic heterocycles. The number of nitrogens with zero attached hydrogens (tertiary/aromatic N) is 2. The maximum atomic E-state index is 13.7. The Balaban J connectivity index is 2.21. The zero-order chi connectivity index (χ0) is 14.9. The summed E-state index contributed by atoms with van der Waals surface area (Å²) < 4.78 is 26.9. The summed E-state index contributed by atoms with van der Waals surface area (Å²) in [6, 6.07) is 2.00. The van der Waals surface area contributed by atoms with Crippen molar-refractivity contribution in [3.8, 4) is 0 Å². The molecule has 1 heterocycles. The third-order valence-electron chi connectivity index (χ3n) is 3.85. The Kier molecular flexibility index (Phi) is 4.23. The largest absolute Gasteiger partial charge is 0.396 e. The fraction of sp³-hybridized carbons (Fsp3) is 0.500. The second-order valence-electron chi connectivity index (χ2n) is 5.15. The van der Waals surface area contributed by atoms with Crippen molar-refractivity contribution in [3.05, 3.63) is 29.3 Å². The molecule has 1 aromatic carbocycles. The van der Waals surface area contributed by atoms with E-state index in [0.717, 1.165) is 19.0 Å². The molecule has 6 heteroatoms. The van der Waals surface area contributed by atoms with E-state index < -0.39 is 17.5 Å². The smallest absolute Gasteiger partial charge is 0.257 e. The van der Waals surface area contributed by atoms with Gasteiger partial charge in [-0.2, -0.15) is 0 Å². The van der Waals surface area contributed by atoms with Gasteiger partial charge in [-0.15, -0.1) is 0 Å². The predicted molar refractivity (Wildman–Crippen MR) is 73.4 cm³/mol. The van der Waals surface area contributed by atoms with Crippen molar-refractivity contribution < 1.29 is 13.6 Å². The van der Waals surface area contributed by atoms with E-state index in [2.05, 4.69) is 4.90 Å². The third-order valence-corrected chi connectivity index (χ3v) is 3.85. The van der Waals surface area contributed by atoms with Crippen LogP contribution < -0.4 is 5.73 Å². The van der Waals surface area contributed by atoms with Crippen LogP contribution in [0.1, 0.15) is 23.7 Å². The number of hydrogen-bond donors (Lipinski definition) is 1. The van der Waals surface area contributed by atoms with Gasteiger partial charge >= 0.3 is 0 Å². The van der Waals surface area contributed by atoms with Crippen LogP contribution in [-0.4, -0.2) is 48.4 Å². The van der Waals surface area contributed by atoms with E-state index in [1.54, 1.807) is 4.90 Å². The van der Waals surface area contributed by atoms with Gasteiger partial charge in [0.2, 0.25) is 0 Å². The molecular weight excluding hydrogens is 264 g/mol. The molecule has 1 fully saturated rings. The fourth-order valence-corrected chi connectivity index (χ4v) is 2.47. The molecule has 1 amide bonds. The van der Waals surface area contributed by atoms with Crippen LogP contribution in [0.25, 0.3) is 0 Å². The average molecular weight is 283 g/mol. The average Bonchev–Trinajstić information content (AvgIpc) is 2.42. The summed E-state index contributed by atoms with van der Waals surface area (Å²) in [5.74, 6) is -2.14. The number of carbonyl (C=O) groups is 1. The van der Waals surface area contributed by atoms with Crippen molar-refractivity contribution in [1.29, 1.82) is 0 Å². The van der Waals surface area contributed by atoms with Crippen LogP contribution in [0.5, 0.6) is 0 Å². The van der Waals surface area contributed by atoms with E-state index in [9.17, 15) is 13.6 Å². The summed E-state index contributed by atoms with van der Waals surface area (Å²) >= 11 is 0. The summed E-state index contributed by atoms with van der Waals surface area (Å²) in [7, 11) is 2.01. The van der Waals surface area contributed by atoms with Crippen LogP contribution in [0.3, 0.4) is 0 Å². The number of anilines is 1. The summed E-state index contributed by atoms with van der Waals surface area (Å²) in [6.45, 7) is 3.86. The first-order chi connectivity index (χ1) is 9.43. The number of hydrogen-bond acceptors (Lipinski definition) is 3. The highest BCUT2D eigenvalue weighted by Gasteiger charge is 2.28. The molecule has 0 radical (unpaired) electrons. The minimum atomic E-state index is -0.867. The third kappa shape index (κ3) is 2.75.